The monoisotopic (exact) mass is 195 g/mol. The molecule has 0 saturated carbocycles. The van der Waals surface area contributed by atoms with Crippen molar-refractivity contribution in [1.29, 1.82) is 0 Å². The van der Waals surface area contributed by atoms with Crippen LogP contribution < -0.4 is 0 Å². The van der Waals surface area contributed by atoms with Crippen molar-refractivity contribution >= 4 is 11.3 Å². The SMILES string of the molecule is CC(C)c1scnc1C(F)(F)F. The number of halogens is 3. The molecular weight excluding hydrogens is 187 g/mol. The van der Waals surface area contributed by atoms with Crippen molar-refractivity contribution in [1.82, 2.24) is 4.98 Å². The molecule has 0 saturated heterocycles. The lowest BCUT2D eigenvalue weighted by atomic mass is 10.1. The molecule has 1 aromatic rings. The van der Waals surface area contributed by atoms with Gasteiger partial charge in [-0.15, -0.1) is 11.3 Å². The van der Waals surface area contributed by atoms with Gasteiger partial charge in [-0.3, -0.25) is 0 Å². The molecule has 0 spiro atoms. The van der Waals surface area contributed by atoms with Crippen LogP contribution in [0.3, 0.4) is 0 Å². The van der Waals surface area contributed by atoms with E-state index in [1.807, 2.05) is 0 Å². The maximum absolute atomic E-state index is 12.2. The third-order valence-corrected chi connectivity index (χ3v) is 2.52. The van der Waals surface area contributed by atoms with E-state index < -0.39 is 11.9 Å². The third-order valence-electron chi connectivity index (χ3n) is 1.39. The molecule has 0 atom stereocenters. The first kappa shape index (κ1) is 9.51. The normalized spacial score (nSPS) is 12.5. The smallest absolute Gasteiger partial charge is 0.240 e. The summed E-state index contributed by atoms with van der Waals surface area (Å²) in [6, 6.07) is 0. The molecule has 0 unspecified atom stereocenters. The fraction of sp³-hybridized carbons (Fsp3) is 0.571. The Balaban J connectivity index is 3.08. The lowest BCUT2D eigenvalue weighted by Crippen LogP contribution is -2.08. The quantitative estimate of drug-likeness (QED) is 0.670. The molecule has 68 valence electrons. The van der Waals surface area contributed by atoms with Crippen molar-refractivity contribution < 1.29 is 13.2 Å². The number of nitrogens with zero attached hydrogens (tertiary/aromatic N) is 1. The Bertz CT molecular complexity index is 264. The maximum Gasteiger partial charge on any atom is 0.434 e. The minimum atomic E-state index is -4.31. The summed E-state index contributed by atoms with van der Waals surface area (Å²) in [5, 5.41) is 0. The van der Waals surface area contributed by atoms with Crippen LogP contribution in [0.4, 0.5) is 13.2 Å². The summed E-state index contributed by atoms with van der Waals surface area (Å²) in [7, 11) is 0. The number of hydrogen-bond donors (Lipinski definition) is 0. The zero-order valence-corrected chi connectivity index (χ0v) is 7.46. The lowest BCUT2D eigenvalue weighted by Gasteiger charge is -2.07. The van der Waals surface area contributed by atoms with Crippen LogP contribution in [0.15, 0.2) is 5.51 Å². The molecule has 0 aliphatic heterocycles. The average molecular weight is 195 g/mol. The van der Waals surface area contributed by atoms with Crippen LogP contribution in [0.25, 0.3) is 0 Å². The van der Waals surface area contributed by atoms with Crippen LogP contribution >= 0.6 is 11.3 Å². The Labute approximate surface area is 72.2 Å². The van der Waals surface area contributed by atoms with Crippen LogP contribution in [-0.2, 0) is 6.18 Å². The summed E-state index contributed by atoms with van der Waals surface area (Å²) in [5.74, 6) is -0.117. The molecule has 0 N–H and O–H groups in total. The van der Waals surface area contributed by atoms with Gasteiger partial charge in [0, 0.05) is 4.88 Å². The predicted molar refractivity (Wildman–Crippen MR) is 41.2 cm³/mol. The summed E-state index contributed by atoms with van der Waals surface area (Å²) in [4.78, 5) is 3.61. The Kier molecular flexibility index (Phi) is 2.41. The second kappa shape index (κ2) is 3.05. The highest BCUT2D eigenvalue weighted by Crippen LogP contribution is 2.35. The van der Waals surface area contributed by atoms with E-state index >= 15 is 0 Å². The highest BCUT2D eigenvalue weighted by atomic mass is 32.1. The van der Waals surface area contributed by atoms with E-state index in [1.54, 1.807) is 13.8 Å². The fourth-order valence-electron chi connectivity index (χ4n) is 0.878. The maximum atomic E-state index is 12.2. The highest BCUT2D eigenvalue weighted by Gasteiger charge is 2.36. The van der Waals surface area contributed by atoms with Gasteiger partial charge in [-0.2, -0.15) is 13.2 Å². The molecular formula is C7H8F3NS. The standard InChI is InChI=1S/C7H8F3NS/c1-4(2)5-6(7(8,9)10)11-3-12-5/h3-4H,1-2H3. The minimum Gasteiger partial charge on any atom is -0.240 e. The van der Waals surface area contributed by atoms with Gasteiger partial charge in [0.25, 0.3) is 0 Å². The molecule has 1 nitrogen and oxygen atoms in total. The summed E-state index contributed by atoms with van der Waals surface area (Å²) >= 11 is 1.05. The Hall–Kier alpha value is -0.580. The summed E-state index contributed by atoms with van der Waals surface area (Å²) in [6.07, 6.45) is -4.31. The number of rotatable bonds is 1. The van der Waals surface area contributed by atoms with Gasteiger partial charge in [-0.1, -0.05) is 13.8 Å². The fourth-order valence-corrected chi connectivity index (χ4v) is 1.70. The van der Waals surface area contributed by atoms with E-state index in [2.05, 4.69) is 4.98 Å². The molecule has 0 aromatic carbocycles. The number of thiazole rings is 1. The van der Waals surface area contributed by atoms with Crippen molar-refractivity contribution in [3.63, 3.8) is 0 Å². The second-order valence-electron chi connectivity index (χ2n) is 2.72. The molecule has 0 aliphatic rings. The first-order valence-electron chi connectivity index (χ1n) is 3.43. The topological polar surface area (TPSA) is 12.9 Å². The van der Waals surface area contributed by atoms with E-state index in [4.69, 9.17) is 0 Å². The first-order chi connectivity index (χ1) is 5.43. The van der Waals surface area contributed by atoms with Crippen molar-refractivity contribution in [3.8, 4) is 0 Å². The van der Waals surface area contributed by atoms with Gasteiger partial charge in [0.2, 0.25) is 0 Å². The largest absolute Gasteiger partial charge is 0.434 e. The molecule has 0 radical (unpaired) electrons. The minimum absolute atomic E-state index is 0.117. The summed E-state index contributed by atoms with van der Waals surface area (Å²) < 4.78 is 36.6. The third kappa shape index (κ3) is 1.77. The summed E-state index contributed by atoms with van der Waals surface area (Å²) in [6.45, 7) is 3.45. The predicted octanol–water partition coefficient (Wildman–Crippen LogP) is 3.29. The van der Waals surface area contributed by atoms with Crippen molar-refractivity contribution in [2.45, 2.75) is 25.9 Å². The van der Waals surface area contributed by atoms with Gasteiger partial charge >= 0.3 is 6.18 Å². The van der Waals surface area contributed by atoms with Crippen LogP contribution in [0.2, 0.25) is 0 Å². The molecule has 0 bridgehead atoms. The molecule has 0 amide bonds. The molecule has 0 aliphatic carbocycles. The van der Waals surface area contributed by atoms with E-state index in [9.17, 15) is 13.2 Å². The first-order valence-corrected chi connectivity index (χ1v) is 4.31. The Morgan fingerprint density at radius 2 is 2.00 bits per heavy atom. The second-order valence-corrected chi connectivity index (χ2v) is 3.60. The zero-order chi connectivity index (χ0) is 9.35. The highest BCUT2D eigenvalue weighted by molar-refractivity contribution is 7.09. The van der Waals surface area contributed by atoms with Crippen molar-refractivity contribution in [2.75, 3.05) is 0 Å². The van der Waals surface area contributed by atoms with E-state index in [1.165, 1.54) is 5.51 Å². The van der Waals surface area contributed by atoms with Gasteiger partial charge in [0.05, 0.1) is 5.51 Å². The van der Waals surface area contributed by atoms with Crippen LogP contribution in [-0.4, -0.2) is 4.98 Å². The molecule has 5 heteroatoms. The molecule has 1 aromatic heterocycles. The molecule has 12 heavy (non-hydrogen) atoms. The van der Waals surface area contributed by atoms with Gasteiger partial charge in [-0.25, -0.2) is 4.98 Å². The van der Waals surface area contributed by atoms with E-state index in [-0.39, 0.29) is 5.92 Å². The average Bonchev–Trinajstić information content (AvgIpc) is 2.30. The number of hydrogen-bond acceptors (Lipinski definition) is 2. The van der Waals surface area contributed by atoms with Crippen LogP contribution in [0.1, 0.15) is 30.3 Å². The number of alkyl halides is 3. The van der Waals surface area contributed by atoms with Crippen LogP contribution in [0.5, 0.6) is 0 Å². The van der Waals surface area contributed by atoms with E-state index in [0.717, 1.165) is 11.3 Å². The van der Waals surface area contributed by atoms with Crippen molar-refractivity contribution in [2.24, 2.45) is 0 Å². The summed E-state index contributed by atoms with van der Waals surface area (Å²) in [5.41, 5.74) is 0.500. The van der Waals surface area contributed by atoms with Gasteiger partial charge in [0.15, 0.2) is 5.69 Å². The Morgan fingerprint density at radius 1 is 1.42 bits per heavy atom. The van der Waals surface area contributed by atoms with Crippen molar-refractivity contribution in [3.05, 3.63) is 16.1 Å². The Morgan fingerprint density at radius 3 is 2.33 bits per heavy atom. The molecule has 1 heterocycles. The van der Waals surface area contributed by atoms with Gasteiger partial charge in [0.1, 0.15) is 0 Å². The molecule has 1 rings (SSSR count). The van der Waals surface area contributed by atoms with E-state index in [0.29, 0.717) is 4.88 Å². The zero-order valence-electron chi connectivity index (χ0n) is 6.64. The van der Waals surface area contributed by atoms with Crippen LogP contribution in [0, 0.1) is 0 Å². The van der Waals surface area contributed by atoms with Gasteiger partial charge < -0.3 is 0 Å². The van der Waals surface area contributed by atoms with Gasteiger partial charge in [-0.05, 0) is 5.92 Å². The molecule has 0 fully saturated rings. The number of aromatic nitrogens is 1. The lowest BCUT2D eigenvalue weighted by molar-refractivity contribution is -0.141.